The largest absolute Gasteiger partial charge is 0.325 e. The van der Waals surface area contributed by atoms with Crippen LogP contribution in [-0.4, -0.2) is 43.5 Å². The zero-order chi connectivity index (χ0) is 13.0. The Morgan fingerprint density at radius 3 is 2.78 bits per heavy atom. The number of carbonyl (C=O) groups is 1. The highest BCUT2D eigenvalue weighted by atomic mass is 19.1. The number of amides is 1. The highest BCUT2D eigenvalue weighted by Crippen LogP contribution is 2.10. The minimum Gasteiger partial charge on any atom is -0.325 e. The first-order valence-corrected chi connectivity index (χ1v) is 6.12. The average molecular weight is 251 g/mol. The van der Waals surface area contributed by atoms with Gasteiger partial charge >= 0.3 is 0 Å². The summed E-state index contributed by atoms with van der Waals surface area (Å²) in [5.41, 5.74) is 0.630. The first-order chi connectivity index (χ1) is 8.67. The minimum atomic E-state index is -0.301. The van der Waals surface area contributed by atoms with Crippen molar-refractivity contribution in [3.8, 4) is 0 Å². The second-order valence-corrected chi connectivity index (χ2v) is 4.56. The summed E-state index contributed by atoms with van der Waals surface area (Å²) >= 11 is 0. The van der Waals surface area contributed by atoms with Gasteiger partial charge in [0.05, 0.1) is 6.54 Å². The van der Waals surface area contributed by atoms with E-state index in [1.807, 2.05) is 7.05 Å². The molecule has 2 N–H and O–H groups in total. The fraction of sp³-hybridized carbons (Fsp3) is 0.462. The van der Waals surface area contributed by atoms with E-state index in [1.165, 1.54) is 12.1 Å². The van der Waals surface area contributed by atoms with Crippen LogP contribution in [0.1, 0.15) is 6.42 Å². The van der Waals surface area contributed by atoms with Gasteiger partial charge < -0.3 is 10.6 Å². The van der Waals surface area contributed by atoms with Crippen LogP contribution in [0.15, 0.2) is 24.3 Å². The molecule has 1 aliphatic rings. The van der Waals surface area contributed by atoms with E-state index >= 15 is 0 Å². The molecule has 1 aliphatic heterocycles. The number of nitrogens with zero attached hydrogens (tertiary/aromatic N) is 1. The zero-order valence-corrected chi connectivity index (χ0v) is 10.4. The number of anilines is 1. The molecule has 0 aliphatic carbocycles. The molecule has 1 unspecified atom stereocenters. The fourth-order valence-corrected chi connectivity index (χ4v) is 2.15. The van der Waals surface area contributed by atoms with Gasteiger partial charge in [0.15, 0.2) is 0 Å². The Labute approximate surface area is 106 Å². The molecule has 1 fully saturated rings. The van der Waals surface area contributed by atoms with Crippen LogP contribution < -0.4 is 10.6 Å². The summed E-state index contributed by atoms with van der Waals surface area (Å²) < 4.78 is 12.7. The molecule has 0 bridgehead atoms. The fourth-order valence-electron chi connectivity index (χ4n) is 2.15. The molecule has 4 nitrogen and oxygen atoms in total. The van der Waals surface area contributed by atoms with Crippen LogP contribution in [0.2, 0.25) is 0 Å². The van der Waals surface area contributed by atoms with Crippen LogP contribution >= 0.6 is 0 Å². The molecule has 0 saturated carbocycles. The SMILES string of the molecule is CNC1CCN(CC(=O)Nc2ccc(F)cc2)C1. The summed E-state index contributed by atoms with van der Waals surface area (Å²) in [6.45, 7) is 2.21. The van der Waals surface area contributed by atoms with Gasteiger partial charge in [0.2, 0.25) is 5.91 Å². The van der Waals surface area contributed by atoms with Crippen LogP contribution in [0.25, 0.3) is 0 Å². The quantitative estimate of drug-likeness (QED) is 0.841. The maximum atomic E-state index is 12.7. The number of carbonyl (C=O) groups excluding carboxylic acids is 1. The molecule has 1 aromatic rings. The third-order valence-electron chi connectivity index (χ3n) is 3.18. The summed E-state index contributed by atoms with van der Waals surface area (Å²) in [4.78, 5) is 13.9. The van der Waals surface area contributed by atoms with Crippen molar-refractivity contribution in [3.05, 3.63) is 30.1 Å². The summed E-state index contributed by atoms with van der Waals surface area (Å²) in [7, 11) is 1.94. The van der Waals surface area contributed by atoms with Gasteiger partial charge in [-0.15, -0.1) is 0 Å². The Balaban J connectivity index is 1.80. The molecule has 1 atom stereocenters. The molecule has 0 aromatic heterocycles. The number of benzene rings is 1. The topological polar surface area (TPSA) is 44.4 Å². The molecule has 0 spiro atoms. The number of hydrogen-bond acceptors (Lipinski definition) is 3. The molecule has 1 amide bonds. The minimum absolute atomic E-state index is 0.0571. The summed E-state index contributed by atoms with van der Waals surface area (Å²) in [5.74, 6) is -0.359. The molecule has 1 saturated heterocycles. The van der Waals surface area contributed by atoms with Crippen LogP contribution in [-0.2, 0) is 4.79 Å². The van der Waals surface area contributed by atoms with E-state index in [4.69, 9.17) is 0 Å². The van der Waals surface area contributed by atoms with Crippen LogP contribution in [0.4, 0.5) is 10.1 Å². The first-order valence-electron chi connectivity index (χ1n) is 6.12. The zero-order valence-electron chi connectivity index (χ0n) is 10.4. The van der Waals surface area contributed by atoms with Crippen molar-refractivity contribution < 1.29 is 9.18 Å². The van der Waals surface area contributed by atoms with Gasteiger partial charge in [0.25, 0.3) is 0 Å². The van der Waals surface area contributed by atoms with Gasteiger partial charge in [-0.1, -0.05) is 0 Å². The van der Waals surface area contributed by atoms with Crippen molar-refractivity contribution in [1.29, 1.82) is 0 Å². The highest BCUT2D eigenvalue weighted by Gasteiger charge is 2.22. The van der Waals surface area contributed by atoms with Crippen molar-refractivity contribution in [2.24, 2.45) is 0 Å². The number of likely N-dealkylation sites (N-methyl/N-ethyl adjacent to an activating group) is 1. The number of rotatable bonds is 4. The molecule has 0 radical (unpaired) electrons. The lowest BCUT2D eigenvalue weighted by molar-refractivity contribution is -0.117. The number of hydrogen-bond donors (Lipinski definition) is 2. The Bertz CT molecular complexity index is 407. The van der Waals surface area contributed by atoms with E-state index in [2.05, 4.69) is 15.5 Å². The second-order valence-electron chi connectivity index (χ2n) is 4.56. The van der Waals surface area contributed by atoms with Gasteiger partial charge in [-0.25, -0.2) is 4.39 Å². The van der Waals surface area contributed by atoms with Crippen molar-refractivity contribution in [1.82, 2.24) is 10.2 Å². The Morgan fingerprint density at radius 1 is 1.44 bits per heavy atom. The predicted molar refractivity (Wildman–Crippen MR) is 68.9 cm³/mol. The Morgan fingerprint density at radius 2 is 2.17 bits per heavy atom. The number of likely N-dealkylation sites (tertiary alicyclic amines) is 1. The van der Waals surface area contributed by atoms with E-state index in [-0.39, 0.29) is 11.7 Å². The van der Waals surface area contributed by atoms with Crippen LogP contribution in [0.3, 0.4) is 0 Å². The molecular weight excluding hydrogens is 233 g/mol. The van der Waals surface area contributed by atoms with E-state index in [0.29, 0.717) is 18.3 Å². The summed E-state index contributed by atoms with van der Waals surface area (Å²) in [5, 5.41) is 5.97. The lowest BCUT2D eigenvalue weighted by Crippen LogP contribution is -2.34. The lowest BCUT2D eigenvalue weighted by Gasteiger charge is -2.15. The normalized spacial score (nSPS) is 20.0. The molecule has 1 aromatic carbocycles. The Kier molecular flexibility index (Phi) is 4.28. The van der Waals surface area contributed by atoms with Gasteiger partial charge in [0, 0.05) is 24.8 Å². The predicted octanol–water partition coefficient (Wildman–Crippen LogP) is 1.06. The molecule has 2 rings (SSSR count). The van der Waals surface area contributed by atoms with Crippen LogP contribution in [0.5, 0.6) is 0 Å². The molecule has 1 heterocycles. The van der Waals surface area contributed by atoms with Crippen molar-refractivity contribution in [2.75, 3.05) is 32.0 Å². The molecule has 98 valence electrons. The molecule has 5 heteroatoms. The molecule has 18 heavy (non-hydrogen) atoms. The maximum Gasteiger partial charge on any atom is 0.238 e. The van der Waals surface area contributed by atoms with Gasteiger partial charge in [-0.05, 0) is 37.7 Å². The third kappa shape index (κ3) is 3.51. The van der Waals surface area contributed by atoms with Crippen molar-refractivity contribution in [3.63, 3.8) is 0 Å². The Hall–Kier alpha value is -1.46. The lowest BCUT2D eigenvalue weighted by atomic mass is 10.3. The standard InChI is InChI=1S/C13H18FN3O/c1-15-12-6-7-17(8-12)9-13(18)16-11-4-2-10(14)3-5-11/h2-5,12,15H,6-9H2,1H3,(H,16,18). The van der Waals surface area contributed by atoms with E-state index in [0.717, 1.165) is 19.5 Å². The number of nitrogens with one attached hydrogen (secondary N) is 2. The third-order valence-corrected chi connectivity index (χ3v) is 3.18. The van der Waals surface area contributed by atoms with Crippen LogP contribution in [0, 0.1) is 5.82 Å². The maximum absolute atomic E-state index is 12.7. The summed E-state index contributed by atoms with van der Waals surface area (Å²) in [6.07, 6.45) is 1.07. The van der Waals surface area contributed by atoms with Gasteiger partial charge in [-0.3, -0.25) is 9.69 Å². The van der Waals surface area contributed by atoms with Crippen molar-refractivity contribution >= 4 is 11.6 Å². The first kappa shape index (κ1) is 13.0. The van der Waals surface area contributed by atoms with Gasteiger partial charge in [-0.2, -0.15) is 0 Å². The van der Waals surface area contributed by atoms with Gasteiger partial charge in [0.1, 0.15) is 5.82 Å². The monoisotopic (exact) mass is 251 g/mol. The number of halogens is 1. The highest BCUT2D eigenvalue weighted by molar-refractivity contribution is 5.92. The molecular formula is C13H18FN3O. The second kappa shape index (κ2) is 5.93. The smallest absolute Gasteiger partial charge is 0.238 e. The van der Waals surface area contributed by atoms with Crippen molar-refractivity contribution in [2.45, 2.75) is 12.5 Å². The van der Waals surface area contributed by atoms with E-state index < -0.39 is 0 Å². The average Bonchev–Trinajstić information content (AvgIpc) is 2.79. The van der Waals surface area contributed by atoms with E-state index in [9.17, 15) is 9.18 Å². The van der Waals surface area contributed by atoms with E-state index in [1.54, 1.807) is 12.1 Å². The summed E-state index contributed by atoms with van der Waals surface area (Å²) in [6, 6.07) is 6.27.